The average molecular weight is 324 g/mol. The van der Waals surface area contributed by atoms with Crippen LogP contribution in [0.2, 0.25) is 0 Å². The van der Waals surface area contributed by atoms with Crippen molar-refractivity contribution < 1.29 is 4.79 Å². The van der Waals surface area contributed by atoms with Gasteiger partial charge in [0, 0.05) is 17.1 Å². The van der Waals surface area contributed by atoms with Crippen LogP contribution in [0.25, 0.3) is 0 Å². The van der Waals surface area contributed by atoms with Gasteiger partial charge in [0.1, 0.15) is 0 Å². The molecule has 1 unspecified atom stereocenters. The predicted molar refractivity (Wildman–Crippen MR) is 78.0 cm³/mol. The van der Waals surface area contributed by atoms with Crippen LogP contribution in [0.4, 0.5) is 4.79 Å². The Hall–Kier alpha value is -1.07. The number of hydrogen-bond donors (Lipinski definition) is 2. The van der Waals surface area contributed by atoms with Crippen molar-refractivity contribution in [2.24, 2.45) is 0 Å². The van der Waals surface area contributed by atoms with Gasteiger partial charge in [0.05, 0.1) is 6.04 Å². The second-order valence-electron chi connectivity index (χ2n) is 5.19. The molecule has 4 nitrogen and oxygen atoms in total. The molecule has 1 aromatic carbocycles. The number of halogens is 1. The van der Waals surface area contributed by atoms with Crippen LogP contribution in [-0.4, -0.2) is 36.6 Å². The van der Waals surface area contributed by atoms with Gasteiger partial charge < -0.3 is 15.5 Å². The van der Waals surface area contributed by atoms with Gasteiger partial charge in [-0.15, -0.1) is 0 Å². The Kier molecular flexibility index (Phi) is 3.75. The lowest BCUT2D eigenvalue weighted by atomic mass is 10.0. The molecule has 102 valence electrons. The average Bonchev–Trinajstić information content (AvgIpc) is 2.82. The summed E-state index contributed by atoms with van der Waals surface area (Å²) in [6, 6.07) is 8.75. The summed E-state index contributed by atoms with van der Waals surface area (Å²) in [7, 11) is 0. The smallest absolute Gasteiger partial charge is 0.318 e. The molecule has 2 fully saturated rings. The van der Waals surface area contributed by atoms with E-state index in [-0.39, 0.29) is 12.1 Å². The first-order valence-corrected chi connectivity index (χ1v) is 7.56. The molecule has 2 N–H and O–H groups in total. The van der Waals surface area contributed by atoms with E-state index in [0.717, 1.165) is 36.9 Å². The second kappa shape index (κ2) is 5.51. The fourth-order valence-corrected chi connectivity index (χ4v) is 3.32. The molecule has 1 aromatic rings. The lowest BCUT2D eigenvalue weighted by molar-refractivity contribution is 0.182. The van der Waals surface area contributed by atoms with Crippen LogP contribution in [-0.2, 0) is 0 Å². The van der Waals surface area contributed by atoms with E-state index < -0.39 is 0 Å². The Morgan fingerprint density at radius 1 is 1.26 bits per heavy atom. The van der Waals surface area contributed by atoms with Crippen LogP contribution < -0.4 is 10.6 Å². The molecule has 2 amide bonds. The molecule has 19 heavy (non-hydrogen) atoms. The first-order valence-electron chi connectivity index (χ1n) is 6.77. The lowest BCUT2D eigenvalue weighted by Gasteiger charge is -2.30. The van der Waals surface area contributed by atoms with E-state index >= 15 is 0 Å². The zero-order chi connectivity index (χ0) is 13.2. The molecule has 0 saturated carbocycles. The second-order valence-corrected chi connectivity index (χ2v) is 6.11. The number of nitrogens with one attached hydrogen (secondary N) is 2. The minimum absolute atomic E-state index is 0.0804. The zero-order valence-electron chi connectivity index (χ0n) is 10.7. The lowest BCUT2D eigenvalue weighted by Crippen LogP contribution is -2.44. The predicted octanol–water partition coefficient (Wildman–Crippen LogP) is 2.27. The highest BCUT2D eigenvalue weighted by Crippen LogP contribution is 2.26. The van der Waals surface area contributed by atoms with Crippen molar-refractivity contribution in [2.45, 2.75) is 24.9 Å². The maximum Gasteiger partial charge on any atom is 0.318 e. The highest BCUT2D eigenvalue weighted by molar-refractivity contribution is 9.10. The normalized spacial score (nSPS) is 24.6. The van der Waals surface area contributed by atoms with E-state index in [1.165, 1.54) is 5.56 Å². The topological polar surface area (TPSA) is 44.4 Å². The zero-order valence-corrected chi connectivity index (χ0v) is 12.3. The Labute approximate surface area is 121 Å². The molecular formula is C14H18BrN3O. The fourth-order valence-electron chi connectivity index (χ4n) is 2.90. The van der Waals surface area contributed by atoms with E-state index in [0.29, 0.717) is 6.04 Å². The summed E-state index contributed by atoms with van der Waals surface area (Å²) in [5.74, 6) is 0. The maximum absolute atomic E-state index is 12.1. The van der Waals surface area contributed by atoms with Crippen molar-refractivity contribution in [1.29, 1.82) is 0 Å². The fraction of sp³-hybridized carbons (Fsp3) is 0.500. The Morgan fingerprint density at radius 3 is 2.79 bits per heavy atom. The summed E-state index contributed by atoms with van der Waals surface area (Å²) >= 11 is 3.48. The minimum atomic E-state index is 0.0804. The quantitative estimate of drug-likeness (QED) is 0.876. The molecule has 1 atom stereocenters. The summed E-state index contributed by atoms with van der Waals surface area (Å²) < 4.78 is 1.06. The third kappa shape index (κ3) is 2.77. The first kappa shape index (κ1) is 12.9. The third-order valence-corrected chi connectivity index (χ3v) is 4.43. The van der Waals surface area contributed by atoms with Gasteiger partial charge in [-0.3, -0.25) is 0 Å². The van der Waals surface area contributed by atoms with Gasteiger partial charge in [0.25, 0.3) is 0 Å². The number of carbonyl (C=O) groups is 1. The van der Waals surface area contributed by atoms with Gasteiger partial charge in [-0.1, -0.05) is 28.1 Å². The number of carbonyl (C=O) groups excluding carboxylic acids is 1. The molecule has 0 aliphatic carbocycles. The molecular weight excluding hydrogens is 306 g/mol. The number of benzene rings is 1. The molecule has 2 heterocycles. The maximum atomic E-state index is 12.1. The molecule has 0 aromatic heterocycles. The van der Waals surface area contributed by atoms with E-state index in [1.54, 1.807) is 0 Å². The van der Waals surface area contributed by atoms with Crippen LogP contribution in [0.15, 0.2) is 28.7 Å². The highest BCUT2D eigenvalue weighted by atomic mass is 79.9. The molecule has 0 spiro atoms. The van der Waals surface area contributed by atoms with Crippen molar-refractivity contribution in [3.05, 3.63) is 34.3 Å². The number of rotatable bonds is 2. The third-order valence-electron chi connectivity index (χ3n) is 3.94. The number of urea groups is 1. The molecule has 2 saturated heterocycles. The molecule has 2 aliphatic rings. The summed E-state index contributed by atoms with van der Waals surface area (Å²) in [6.45, 7) is 2.80. The number of piperidine rings is 1. The van der Waals surface area contributed by atoms with Crippen molar-refractivity contribution in [2.75, 3.05) is 19.6 Å². The van der Waals surface area contributed by atoms with Crippen LogP contribution in [0.1, 0.15) is 24.4 Å². The van der Waals surface area contributed by atoms with E-state index in [9.17, 15) is 4.79 Å². The van der Waals surface area contributed by atoms with Gasteiger partial charge in [0.15, 0.2) is 0 Å². The van der Waals surface area contributed by atoms with Crippen LogP contribution in [0.5, 0.6) is 0 Å². The summed E-state index contributed by atoms with van der Waals surface area (Å²) in [6.07, 6.45) is 2.11. The standard InChI is InChI=1S/C14H18BrN3O/c15-11-3-1-2-10(8-11)13-9-18(14(19)17-13)12-4-6-16-7-5-12/h1-3,8,12-13,16H,4-7,9H2,(H,17,19). The van der Waals surface area contributed by atoms with Crippen LogP contribution in [0.3, 0.4) is 0 Å². The van der Waals surface area contributed by atoms with Gasteiger partial charge in [0.2, 0.25) is 0 Å². The van der Waals surface area contributed by atoms with Crippen LogP contribution >= 0.6 is 15.9 Å². The van der Waals surface area contributed by atoms with Crippen molar-refractivity contribution in [3.63, 3.8) is 0 Å². The number of hydrogen-bond acceptors (Lipinski definition) is 2. The highest BCUT2D eigenvalue weighted by Gasteiger charge is 2.34. The monoisotopic (exact) mass is 323 g/mol. The van der Waals surface area contributed by atoms with Crippen molar-refractivity contribution in [3.8, 4) is 0 Å². The van der Waals surface area contributed by atoms with Gasteiger partial charge >= 0.3 is 6.03 Å². The Balaban J connectivity index is 1.72. The van der Waals surface area contributed by atoms with Crippen molar-refractivity contribution in [1.82, 2.24) is 15.5 Å². The largest absolute Gasteiger partial charge is 0.329 e. The van der Waals surface area contributed by atoms with E-state index in [2.05, 4.69) is 38.7 Å². The molecule has 3 rings (SSSR count). The SMILES string of the molecule is O=C1NC(c2cccc(Br)c2)CN1C1CCNCC1. The first-order chi connectivity index (χ1) is 9.24. The molecule has 5 heteroatoms. The molecule has 2 aliphatic heterocycles. The summed E-state index contributed by atoms with van der Waals surface area (Å²) in [5.41, 5.74) is 1.17. The van der Waals surface area contributed by atoms with Gasteiger partial charge in [-0.05, 0) is 43.6 Å². The van der Waals surface area contributed by atoms with Crippen molar-refractivity contribution >= 4 is 22.0 Å². The van der Waals surface area contributed by atoms with Gasteiger partial charge in [-0.25, -0.2) is 4.79 Å². The minimum Gasteiger partial charge on any atom is -0.329 e. The molecule has 0 bridgehead atoms. The summed E-state index contributed by atoms with van der Waals surface area (Å²) in [4.78, 5) is 14.1. The summed E-state index contributed by atoms with van der Waals surface area (Å²) in [5, 5.41) is 6.43. The molecule has 0 radical (unpaired) electrons. The van der Waals surface area contributed by atoms with E-state index in [4.69, 9.17) is 0 Å². The number of nitrogens with zero attached hydrogens (tertiary/aromatic N) is 1. The Bertz CT molecular complexity index is 474. The van der Waals surface area contributed by atoms with Crippen LogP contribution in [0, 0.1) is 0 Å². The van der Waals surface area contributed by atoms with E-state index in [1.807, 2.05) is 17.0 Å². The number of amides is 2. The Morgan fingerprint density at radius 2 is 2.05 bits per heavy atom. The van der Waals surface area contributed by atoms with Gasteiger partial charge in [-0.2, -0.15) is 0 Å².